The molecule has 3 heteroatoms. The minimum atomic E-state index is 0.443. The molecular formula is C15H26N2O. The third-order valence-electron chi connectivity index (χ3n) is 5.49. The number of carbonyl (C=O) groups excluding carboxylic acids is 1. The van der Waals surface area contributed by atoms with Crippen LogP contribution in [0.4, 0.5) is 0 Å². The van der Waals surface area contributed by atoms with E-state index in [2.05, 4.69) is 4.90 Å². The van der Waals surface area contributed by atoms with E-state index in [-0.39, 0.29) is 0 Å². The fraction of sp³-hybridized carbons (Fsp3) is 0.933. The second-order valence-electron chi connectivity index (χ2n) is 6.71. The number of amides is 1. The van der Waals surface area contributed by atoms with Gasteiger partial charge in [0.2, 0.25) is 5.91 Å². The van der Waals surface area contributed by atoms with Gasteiger partial charge in [0.25, 0.3) is 0 Å². The molecule has 3 rings (SSSR count). The van der Waals surface area contributed by atoms with Crippen molar-refractivity contribution in [2.75, 3.05) is 13.1 Å². The van der Waals surface area contributed by atoms with Crippen LogP contribution < -0.4 is 5.73 Å². The lowest BCUT2D eigenvalue weighted by Crippen LogP contribution is -2.38. The van der Waals surface area contributed by atoms with Crippen LogP contribution in [0.15, 0.2) is 0 Å². The van der Waals surface area contributed by atoms with Gasteiger partial charge in [-0.2, -0.15) is 0 Å². The third-order valence-corrected chi connectivity index (χ3v) is 5.49. The van der Waals surface area contributed by atoms with Crippen LogP contribution in [0, 0.1) is 17.8 Å². The van der Waals surface area contributed by atoms with E-state index in [0.29, 0.717) is 17.9 Å². The summed E-state index contributed by atoms with van der Waals surface area (Å²) in [7, 11) is 0. The van der Waals surface area contributed by atoms with Crippen LogP contribution >= 0.6 is 0 Å². The zero-order chi connectivity index (χ0) is 12.5. The maximum Gasteiger partial charge on any atom is 0.223 e. The molecule has 2 aliphatic carbocycles. The Balaban J connectivity index is 1.47. The van der Waals surface area contributed by atoms with Gasteiger partial charge in [-0.3, -0.25) is 4.79 Å². The Bertz CT molecular complexity index is 310. The number of piperidine rings is 1. The first-order chi connectivity index (χ1) is 8.76. The number of likely N-dealkylation sites (tertiary alicyclic amines) is 1. The Labute approximate surface area is 110 Å². The molecule has 2 saturated carbocycles. The maximum absolute atomic E-state index is 12.4. The van der Waals surface area contributed by atoms with E-state index in [1.165, 1.54) is 44.9 Å². The highest BCUT2D eigenvalue weighted by atomic mass is 16.2. The lowest BCUT2D eigenvalue weighted by atomic mass is 9.80. The summed E-state index contributed by atoms with van der Waals surface area (Å²) in [6.45, 7) is 1.89. The van der Waals surface area contributed by atoms with Crippen LogP contribution in [0.5, 0.6) is 0 Å². The molecule has 2 unspecified atom stereocenters. The summed E-state index contributed by atoms with van der Waals surface area (Å²) in [5, 5.41) is 0. The van der Waals surface area contributed by atoms with E-state index in [0.717, 1.165) is 31.3 Å². The van der Waals surface area contributed by atoms with Crippen LogP contribution in [0.2, 0.25) is 0 Å². The second kappa shape index (κ2) is 5.20. The van der Waals surface area contributed by atoms with Crippen LogP contribution in [0.1, 0.15) is 51.4 Å². The first-order valence-electron chi connectivity index (χ1n) is 7.75. The molecule has 1 aliphatic heterocycles. The average Bonchev–Trinajstić information content (AvgIpc) is 3.02. The summed E-state index contributed by atoms with van der Waals surface area (Å²) in [5.74, 6) is 2.63. The van der Waals surface area contributed by atoms with Gasteiger partial charge in [0.15, 0.2) is 0 Å². The van der Waals surface area contributed by atoms with E-state index >= 15 is 0 Å². The van der Waals surface area contributed by atoms with Gasteiger partial charge in [-0.25, -0.2) is 0 Å². The first kappa shape index (κ1) is 12.5. The van der Waals surface area contributed by atoms with Gasteiger partial charge < -0.3 is 10.6 Å². The highest BCUT2D eigenvalue weighted by Crippen LogP contribution is 2.38. The van der Waals surface area contributed by atoms with Crippen molar-refractivity contribution in [2.24, 2.45) is 23.5 Å². The predicted octanol–water partition coefficient (Wildman–Crippen LogP) is 2.15. The molecule has 2 bridgehead atoms. The Morgan fingerprint density at radius 2 is 1.78 bits per heavy atom. The average molecular weight is 250 g/mol. The molecule has 1 saturated heterocycles. The van der Waals surface area contributed by atoms with E-state index in [4.69, 9.17) is 5.73 Å². The number of rotatable bonds is 3. The summed E-state index contributed by atoms with van der Waals surface area (Å²) in [4.78, 5) is 14.6. The predicted molar refractivity (Wildman–Crippen MR) is 72.0 cm³/mol. The van der Waals surface area contributed by atoms with E-state index in [9.17, 15) is 4.79 Å². The summed E-state index contributed by atoms with van der Waals surface area (Å²) >= 11 is 0. The van der Waals surface area contributed by atoms with Crippen LogP contribution in [0.25, 0.3) is 0 Å². The fourth-order valence-electron chi connectivity index (χ4n) is 4.27. The smallest absolute Gasteiger partial charge is 0.223 e. The summed E-state index contributed by atoms with van der Waals surface area (Å²) in [6, 6.07) is 0.600. The molecule has 2 N–H and O–H groups in total. The molecule has 0 aromatic heterocycles. The largest absolute Gasteiger partial charge is 0.339 e. The molecule has 1 heterocycles. The SMILES string of the molecule is NCC1CCC(CC(=O)N2CC3CCC2C3)CC1. The lowest BCUT2D eigenvalue weighted by molar-refractivity contribution is -0.134. The fourth-order valence-corrected chi connectivity index (χ4v) is 4.27. The van der Waals surface area contributed by atoms with Gasteiger partial charge in [-0.1, -0.05) is 0 Å². The van der Waals surface area contributed by atoms with Gasteiger partial charge in [0, 0.05) is 19.0 Å². The molecule has 0 aromatic carbocycles. The quantitative estimate of drug-likeness (QED) is 0.834. The summed E-state index contributed by atoms with van der Waals surface area (Å²) in [5.41, 5.74) is 5.72. The van der Waals surface area contributed by atoms with Crippen molar-refractivity contribution in [2.45, 2.75) is 57.4 Å². The van der Waals surface area contributed by atoms with Crippen LogP contribution in [-0.4, -0.2) is 29.9 Å². The van der Waals surface area contributed by atoms with Crippen molar-refractivity contribution in [1.29, 1.82) is 0 Å². The number of nitrogens with two attached hydrogens (primary N) is 1. The van der Waals surface area contributed by atoms with E-state index < -0.39 is 0 Å². The van der Waals surface area contributed by atoms with Crippen molar-refractivity contribution in [3.63, 3.8) is 0 Å². The number of nitrogens with zero attached hydrogens (tertiary/aromatic N) is 1. The minimum absolute atomic E-state index is 0.443. The van der Waals surface area contributed by atoms with E-state index in [1.807, 2.05) is 0 Å². The molecule has 0 spiro atoms. The first-order valence-corrected chi connectivity index (χ1v) is 7.75. The van der Waals surface area contributed by atoms with Crippen molar-refractivity contribution in [3.05, 3.63) is 0 Å². The normalized spacial score (nSPS) is 39.3. The highest BCUT2D eigenvalue weighted by molar-refractivity contribution is 5.77. The minimum Gasteiger partial charge on any atom is -0.339 e. The molecule has 2 atom stereocenters. The molecule has 0 radical (unpaired) electrons. The summed E-state index contributed by atoms with van der Waals surface area (Å²) < 4.78 is 0. The molecule has 3 nitrogen and oxygen atoms in total. The highest BCUT2D eigenvalue weighted by Gasteiger charge is 2.40. The maximum atomic E-state index is 12.4. The van der Waals surface area contributed by atoms with Crippen molar-refractivity contribution < 1.29 is 4.79 Å². The molecule has 18 heavy (non-hydrogen) atoms. The van der Waals surface area contributed by atoms with Crippen LogP contribution in [-0.2, 0) is 4.79 Å². The Morgan fingerprint density at radius 3 is 2.33 bits per heavy atom. The molecule has 3 fully saturated rings. The molecule has 0 aromatic rings. The zero-order valence-electron chi connectivity index (χ0n) is 11.3. The summed E-state index contributed by atoms with van der Waals surface area (Å²) in [6.07, 6.45) is 9.62. The second-order valence-corrected chi connectivity index (χ2v) is 6.71. The molecule has 102 valence electrons. The van der Waals surface area contributed by atoms with Crippen molar-refractivity contribution in [3.8, 4) is 0 Å². The molecular weight excluding hydrogens is 224 g/mol. The van der Waals surface area contributed by atoms with Gasteiger partial charge in [0.1, 0.15) is 0 Å². The number of carbonyl (C=O) groups is 1. The number of fused-ring (bicyclic) bond motifs is 2. The molecule has 3 aliphatic rings. The van der Waals surface area contributed by atoms with Gasteiger partial charge in [-0.15, -0.1) is 0 Å². The van der Waals surface area contributed by atoms with E-state index in [1.54, 1.807) is 0 Å². The Hall–Kier alpha value is -0.570. The van der Waals surface area contributed by atoms with Crippen LogP contribution in [0.3, 0.4) is 0 Å². The Kier molecular flexibility index (Phi) is 3.60. The monoisotopic (exact) mass is 250 g/mol. The zero-order valence-corrected chi connectivity index (χ0v) is 11.3. The number of hydrogen-bond donors (Lipinski definition) is 1. The standard InChI is InChI=1S/C15H26N2O/c16-9-12-3-1-11(2-4-12)8-15(18)17-10-13-5-6-14(17)7-13/h11-14H,1-10,16H2. The lowest BCUT2D eigenvalue weighted by Gasteiger charge is -2.31. The van der Waals surface area contributed by atoms with Crippen molar-refractivity contribution >= 4 is 5.91 Å². The Morgan fingerprint density at radius 1 is 1.06 bits per heavy atom. The van der Waals surface area contributed by atoms with Gasteiger partial charge in [-0.05, 0) is 69.2 Å². The van der Waals surface area contributed by atoms with Gasteiger partial charge >= 0.3 is 0 Å². The molecule has 1 amide bonds. The number of hydrogen-bond acceptors (Lipinski definition) is 2. The third kappa shape index (κ3) is 2.42. The van der Waals surface area contributed by atoms with Crippen molar-refractivity contribution in [1.82, 2.24) is 4.90 Å². The topological polar surface area (TPSA) is 46.3 Å². The van der Waals surface area contributed by atoms with Gasteiger partial charge in [0.05, 0.1) is 0 Å².